The molecule has 18 heavy (non-hydrogen) atoms. The normalized spacial score (nSPS) is 10.1. The molecule has 0 unspecified atom stereocenters. The van der Waals surface area contributed by atoms with E-state index in [2.05, 4.69) is 10.6 Å². The predicted molar refractivity (Wildman–Crippen MR) is 68.2 cm³/mol. The Balaban J connectivity index is 2.50. The number of carbonyl (C=O) groups excluding carboxylic acids is 1. The lowest BCUT2D eigenvalue weighted by molar-refractivity contribution is -0.385. The quantitative estimate of drug-likeness (QED) is 0.451. The van der Waals surface area contributed by atoms with E-state index >= 15 is 0 Å². The smallest absolute Gasteiger partial charge is 0.272 e. The first-order chi connectivity index (χ1) is 8.52. The summed E-state index contributed by atoms with van der Waals surface area (Å²) in [7, 11) is 0. The van der Waals surface area contributed by atoms with E-state index in [1.807, 2.05) is 6.07 Å². The summed E-state index contributed by atoms with van der Waals surface area (Å²) in [6.07, 6.45) is 0. The van der Waals surface area contributed by atoms with Crippen LogP contribution in [0, 0.1) is 17.0 Å². The number of hydrogen-bond donors (Lipinski definition) is 2. The first-order valence-electron chi connectivity index (χ1n) is 5.70. The third-order valence-electron chi connectivity index (χ3n) is 2.61. The van der Waals surface area contributed by atoms with Gasteiger partial charge in [-0.3, -0.25) is 14.9 Å². The van der Waals surface area contributed by atoms with Crippen molar-refractivity contribution < 1.29 is 9.72 Å². The number of nitrogens with zero attached hydrogens (tertiary/aromatic N) is 1. The third kappa shape index (κ3) is 4.14. The van der Waals surface area contributed by atoms with E-state index in [0.717, 1.165) is 5.56 Å². The molecule has 0 atom stereocenters. The average Bonchev–Trinajstić information content (AvgIpc) is 2.30. The fraction of sp³-hybridized carbons (Fsp3) is 0.417. The van der Waals surface area contributed by atoms with Gasteiger partial charge in [0.15, 0.2) is 0 Å². The van der Waals surface area contributed by atoms with Gasteiger partial charge in [0, 0.05) is 38.2 Å². The van der Waals surface area contributed by atoms with Gasteiger partial charge >= 0.3 is 0 Å². The van der Waals surface area contributed by atoms with Crippen LogP contribution in [0.15, 0.2) is 18.2 Å². The topological polar surface area (TPSA) is 84.3 Å². The van der Waals surface area contributed by atoms with Crippen LogP contribution in [0.5, 0.6) is 0 Å². The Morgan fingerprint density at radius 2 is 2.11 bits per heavy atom. The van der Waals surface area contributed by atoms with E-state index in [4.69, 9.17) is 0 Å². The minimum absolute atomic E-state index is 0.0664. The van der Waals surface area contributed by atoms with Crippen LogP contribution < -0.4 is 10.6 Å². The van der Waals surface area contributed by atoms with Gasteiger partial charge in [-0.05, 0) is 12.5 Å². The number of nitro benzene ring substituents is 1. The van der Waals surface area contributed by atoms with Crippen molar-refractivity contribution in [3.05, 3.63) is 39.4 Å². The molecule has 1 rings (SSSR count). The highest BCUT2D eigenvalue weighted by Crippen LogP contribution is 2.20. The summed E-state index contributed by atoms with van der Waals surface area (Å²) >= 11 is 0. The van der Waals surface area contributed by atoms with E-state index < -0.39 is 0 Å². The molecule has 0 heterocycles. The number of nitrogens with one attached hydrogen (secondary N) is 2. The Morgan fingerprint density at radius 3 is 2.72 bits per heavy atom. The van der Waals surface area contributed by atoms with Crippen LogP contribution in [0.2, 0.25) is 0 Å². The van der Waals surface area contributed by atoms with E-state index in [9.17, 15) is 14.9 Å². The van der Waals surface area contributed by atoms with Crippen molar-refractivity contribution in [3.8, 4) is 0 Å². The number of rotatable bonds is 6. The van der Waals surface area contributed by atoms with Gasteiger partial charge in [-0.15, -0.1) is 0 Å². The lowest BCUT2D eigenvalue weighted by Gasteiger charge is -2.08. The van der Waals surface area contributed by atoms with E-state index in [0.29, 0.717) is 25.2 Å². The van der Waals surface area contributed by atoms with Crippen LogP contribution in [-0.4, -0.2) is 23.9 Å². The summed E-state index contributed by atoms with van der Waals surface area (Å²) < 4.78 is 0. The molecule has 0 spiro atoms. The second-order valence-electron chi connectivity index (χ2n) is 3.98. The largest absolute Gasteiger partial charge is 0.355 e. The summed E-state index contributed by atoms with van der Waals surface area (Å²) in [5.74, 6) is -0.0664. The lowest BCUT2D eigenvalue weighted by Crippen LogP contribution is -2.30. The Kier molecular flexibility index (Phi) is 5.26. The number of carbonyl (C=O) groups is 1. The fourth-order valence-electron chi connectivity index (χ4n) is 1.61. The zero-order chi connectivity index (χ0) is 13.5. The molecule has 0 saturated heterocycles. The molecule has 0 saturated carbocycles. The molecular formula is C12H17N3O3. The Morgan fingerprint density at radius 1 is 1.39 bits per heavy atom. The predicted octanol–water partition coefficient (Wildman–Crippen LogP) is 1.13. The minimum Gasteiger partial charge on any atom is -0.355 e. The van der Waals surface area contributed by atoms with Gasteiger partial charge < -0.3 is 10.6 Å². The molecule has 1 aromatic carbocycles. The molecule has 98 valence electrons. The van der Waals surface area contributed by atoms with Crippen molar-refractivity contribution in [1.82, 2.24) is 10.6 Å². The molecule has 1 aromatic rings. The average molecular weight is 251 g/mol. The molecule has 0 bridgehead atoms. The number of hydrogen-bond acceptors (Lipinski definition) is 4. The number of nitro groups is 1. The van der Waals surface area contributed by atoms with Crippen molar-refractivity contribution in [2.45, 2.75) is 20.4 Å². The molecule has 1 amide bonds. The van der Waals surface area contributed by atoms with Crippen LogP contribution in [0.3, 0.4) is 0 Å². The van der Waals surface area contributed by atoms with Crippen molar-refractivity contribution in [3.63, 3.8) is 0 Å². The van der Waals surface area contributed by atoms with E-state index in [1.54, 1.807) is 13.0 Å². The highest BCUT2D eigenvalue weighted by Gasteiger charge is 2.12. The molecule has 0 aromatic heterocycles. The second kappa shape index (κ2) is 6.70. The van der Waals surface area contributed by atoms with Gasteiger partial charge in [-0.2, -0.15) is 0 Å². The summed E-state index contributed by atoms with van der Waals surface area (Å²) in [6, 6.07) is 5.03. The van der Waals surface area contributed by atoms with Crippen molar-refractivity contribution in [1.29, 1.82) is 0 Å². The minimum atomic E-state index is -0.379. The number of amides is 1. The van der Waals surface area contributed by atoms with Gasteiger partial charge in [-0.25, -0.2) is 0 Å². The maximum Gasteiger partial charge on any atom is 0.272 e. The molecule has 0 fully saturated rings. The van der Waals surface area contributed by atoms with Crippen molar-refractivity contribution >= 4 is 11.6 Å². The first-order valence-corrected chi connectivity index (χ1v) is 5.70. The van der Waals surface area contributed by atoms with Crippen LogP contribution in [-0.2, 0) is 11.3 Å². The summed E-state index contributed by atoms with van der Waals surface area (Å²) in [4.78, 5) is 21.0. The monoisotopic (exact) mass is 251 g/mol. The Labute approximate surface area is 106 Å². The van der Waals surface area contributed by atoms with Crippen LogP contribution in [0.25, 0.3) is 0 Å². The van der Waals surface area contributed by atoms with Crippen LogP contribution >= 0.6 is 0 Å². The van der Waals surface area contributed by atoms with Crippen molar-refractivity contribution in [2.75, 3.05) is 13.1 Å². The molecule has 0 aliphatic rings. The summed E-state index contributed by atoms with van der Waals surface area (Å²) in [5.41, 5.74) is 1.71. The third-order valence-corrected chi connectivity index (χ3v) is 2.61. The molecule has 6 nitrogen and oxygen atoms in total. The zero-order valence-electron chi connectivity index (χ0n) is 10.5. The first kappa shape index (κ1) is 14.1. The molecular weight excluding hydrogens is 234 g/mol. The van der Waals surface area contributed by atoms with Gasteiger partial charge in [-0.1, -0.05) is 12.1 Å². The molecule has 0 radical (unpaired) electrons. The molecule has 6 heteroatoms. The lowest BCUT2D eigenvalue weighted by atomic mass is 10.1. The van der Waals surface area contributed by atoms with Crippen LogP contribution in [0.1, 0.15) is 18.1 Å². The van der Waals surface area contributed by atoms with Crippen molar-refractivity contribution in [2.24, 2.45) is 0 Å². The highest BCUT2D eigenvalue weighted by molar-refractivity contribution is 5.72. The zero-order valence-corrected chi connectivity index (χ0v) is 10.5. The Bertz CT molecular complexity index is 446. The van der Waals surface area contributed by atoms with Gasteiger partial charge in [0.2, 0.25) is 5.91 Å². The van der Waals surface area contributed by atoms with E-state index in [-0.39, 0.29) is 16.5 Å². The van der Waals surface area contributed by atoms with Gasteiger partial charge in [0.1, 0.15) is 0 Å². The van der Waals surface area contributed by atoms with Crippen LogP contribution in [0.4, 0.5) is 5.69 Å². The SMILES string of the molecule is CC(=O)NCCNCc1cccc([N+](=O)[O-])c1C. The maximum absolute atomic E-state index is 10.8. The summed E-state index contributed by atoms with van der Waals surface area (Å²) in [5, 5.41) is 16.6. The summed E-state index contributed by atoms with van der Waals surface area (Å²) in [6.45, 7) is 4.92. The van der Waals surface area contributed by atoms with Gasteiger partial charge in [0.25, 0.3) is 5.69 Å². The fourth-order valence-corrected chi connectivity index (χ4v) is 1.61. The second-order valence-corrected chi connectivity index (χ2v) is 3.98. The molecule has 2 N–H and O–H groups in total. The maximum atomic E-state index is 10.8. The standard InChI is InChI=1S/C12H17N3O3/c1-9-11(4-3-5-12(9)15(17)18)8-13-6-7-14-10(2)16/h3-5,13H,6-8H2,1-2H3,(H,14,16). The molecule has 0 aliphatic heterocycles. The molecule has 0 aliphatic carbocycles. The highest BCUT2D eigenvalue weighted by atomic mass is 16.6. The van der Waals surface area contributed by atoms with E-state index in [1.165, 1.54) is 13.0 Å². The van der Waals surface area contributed by atoms with Gasteiger partial charge in [0.05, 0.1) is 4.92 Å². The number of benzene rings is 1. The Hall–Kier alpha value is -1.95.